The number of amides is 1. The highest BCUT2D eigenvalue weighted by molar-refractivity contribution is 14.1. The number of anilines is 1. The third-order valence-corrected chi connectivity index (χ3v) is 4.04. The van der Waals surface area contributed by atoms with E-state index >= 15 is 0 Å². The Kier molecular flexibility index (Phi) is 9.15. The quantitative estimate of drug-likeness (QED) is 0.430. The van der Waals surface area contributed by atoms with Crippen molar-refractivity contribution in [2.75, 3.05) is 25.6 Å². The number of methoxy groups -OCH3 is 1. The summed E-state index contributed by atoms with van der Waals surface area (Å²) in [7, 11) is 1.67. The molecule has 2 N–H and O–H groups in total. The first-order valence-electron chi connectivity index (χ1n) is 7.88. The van der Waals surface area contributed by atoms with Crippen molar-refractivity contribution in [1.29, 1.82) is 0 Å². The fraction of sp³-hybridized carbons (Fsp3) is 0.588. The summed E-state index contributed by atoms with van der Waals surface area (Å²) < 4.78 is 11.6. The molecule has 1 aromatic carbocycles. The lowest BCUT2D eigenvalue weighted by Crippen LogP contribution is -2.34. The zero-order valence-electron chi connectivity index (χ0n) is 14.6. The molecule has 1 amide bonds. The number of halogens is 2. The predicted molar refractivity (Wildman–Crippen MR) is 107 cm³/mol. The number of hydrogen-bond donors (Lipinski definition) is 2. The molecular weight excluding hydrogens is 443 g/mol. The van der Waals surface area contributed by atoms with Gasteiger partial charge in [-0.2, -0.15) is 0 Å². The van der Waals surface area contributed by atoms with Crippen molar-refractivity contribution in [2.45, 2.75) is 45.3 Å². The Hall–Kier alpha value is -0.730. The van der Waals surface area contributed by atoms with E-state index in [0.717, 1.165) is 22.1 Å². The molecule has 1 unspecified atom stereocenters. The van der Waals surface area contributed by atoms with E-state index < -0.39 is 5.60 Å². The highest BCUT2D eigenvalue weighted by atomic mass is 127. The summed E-state index contributed by atoms with van der Waals surface area (Å²) in [5, 5.41) is 6.85. The van der Waals surface area contributed by atoms with Crippen LogP contribution in [0.3, 0.4) is 0 Å². The molecule has 0 saturated carbocycles. The predicted octanol–water partition coefficient (Wildman–Crippen LogP) is 4.68. The van der Waals surface area contributed by atoms with Gasteiger partial charge in [0.05, 0.1) is 17.3 Å². The normalized spacial score (nSPS) is 12.6. The minimum absolute atomic E-state index is 0.119. The summed E-state index contributed by atoms with van der Waals surface area (Å²) in [5.74, 6) is 0. The second-order valence-electron chi connectivity index (χ2n) is 6.49. The van der Waals surface area contributed by atoms with Crippen LogP contribution in [-0.2, 0) is 9.47 Å². The molecule has 7 heteroatoms. The van der Waals surface area contributed by atoms with E-state index in [2.05, 4.69) is 33.2 Å². The Bertz CT molecular complexity index is 535. The maximum absolute atomic E-state index is 11.6. The summed E-state index contributed by atoms with van der Waals surface area (Å²) in [5.41, 5.74) is 0.408. The van der Waals surface area contributed by atoms with Crippen molar-refractivity contribution < 1.29 is 14.3 Å². The molecule has 0 saturated heterocycles. The van der Waals surface area contributed by atoms with Gasteiger partial charge in [-0.05, 0) is 74.4 Å². The summed E-state index contributed by atoms with van der Waals surface area (Å²) in [6.07, 6.45) is 1.26. The van der Waals surface area contributed by atoms with Crippen molar-refractivity contribution in [3.63, 3.8) is 0 Å². The van der Waals surface area contributed by atoms with E-state index in [1.807, 2.05) is 39.0 Å². The van der Waals surface area contributed by atoms with Crippen LogP contribution < -0.4 is 10.6 Å². The molecule has 0 aromatic heterocycles. The monoisotopic (exact) mass is 468 g/mol. The molecule has 0 bridgehead atoms. The van der Waals surface area contributed by atoms with E-state index in [0.29, 0.717) is 18.2 Å². The van der Waals surface area contributed by atoms with Gasteiger partial charge in [-0.25, -0.2) is 4.79 Å². The maximum Gasteiger partial charge on any atom is 0.407 e. The minimum atomic E-state index is -0.480. The maximum atomic E-state index is 11.6. The lowest BCUT2D eigenvalue weighted by molar-refractivity contribution is 0.0526. The van der Waals surface area contributed by atoms with Crippen LogP contribution in [0.4, 0.5) is 10.5 Å². The molecule has 0 aliphatic carbocycles. The molecule has 1 rings (SSSR count). The average molecular weight is 469 g/mol. The fourth-order valence-corrected chi connectivity index (χ4v) is 2.99. The van der Waals surface area contributed by atoms with Crippen molar-refractivity contribution in [3.05, 3.63) is 26.8 Å². The summed E-state index contributed by atoms with van der Waals surface area (Å²) in [6, 6.07) is 6.00. The van der Waals surface area contributed by atoms with Gasteiger partial charge in [-0.1, -0.05) is 11.6 Å². The Morgan fingerprint density at radius 2 is 2.08 bits per heavy atom. The zero-order valence-corrected chi connectivity index (χ0v) is 17.5. The van der Waals surface area contributed by atoms with E-state index in [9.17, 15) is 4.79 Å². The Morgan fingerprint density at radius 3 is 2.67 bits per heavy atom. The highest BCUT2D eigenvalue weighted by Crippen LogP contribution is 2.25. The van der Waals surface area contributed by atoms with E-state index in [1.165, 1.54) is 0 Å². The lowest BCUT2D eigenvalue weighted by Gasteiger charge is -2.21. The first-order chi connectivity index (χ1) is 11.2. The van der Waals surface area contributed by atoms with E-state index in [1.54, 1.807) is 7.11 Å². The Balaban J connectivity index is 2.42. The largest absolute Gasteiger partial charge is 0.444 e. The van der Waals surface area contributed by atoms with Crippen molar-refractivity contribution in [1.82, 2.24) is 5.32 Å². The fourth-order valence-electron chi connectivity index (χ4n) is 2.08. The molecule has 1 aromatic rings. The van der Waals surface area contributed by atoms with Gasteiger partial charge in [0.1, 0.15) is 5.60 Å². The summed E-state index contributed by atoms with van der Waals surface area (Å²) in [4.78, 5) is 11.6. The van der Waals surface area contributed by atoms with Crippen molar-refractivity contribution >= 4 is 46.0 Å². The van der Waals surface area contributed by atoms with Crippen LogP contribution in [0, 0.1) is 3.57 Å². The third-order valence-electron chi connectivity index (χ3n) is 3.06. The molecule has 5 nitrogen and oxygen atoms in total. The van der Waals surface area contributed by atoms with Crippen molar-refractivity contribution in [3.8, 4) is 0 Å². The van der Waals surface area contributed by atoms with Crippen LogP contribution in [-0.4, -0.2) is 38.0 Å². The van der Waals surface area contributed by atoms with Gasteiger partial charge < -0.3 is 20.1 Å². The number of alkyl carbamates (subject to hydrolysis) is 1. The molecule has 0 heterocycles. The zero-order chi connectivity index (χ0) is 18.2. The van der Waals surface area contributed by atoms with Crippen LogP contribution in [0.25, 0.3) is 0 Å². The first-order valence-corrected chi connectivity index (χ1v) is 9.34. The van der Waals surface area contributed by atoms with Crippen molar-refractivity contribution in [2.24, 2.45) is 0 Å². The topological polar surface area (TPSA) is 59.6 Å². The van der Waals surface area contributed by atoms with E-state index in [4.69, 9.17) is 21.1 Å². The van der Waals surface area contributed by atoms with Crippen LogP contribution in [0.2, 0.25) is 5.02 Å². The summed E-state index contributed by atoms with van der Waals surface area (Å²) >= 11 is 8.48. The average Bonchev–Trinajstić information content (AvgIpc) is 2.44. The van der Waals surface area contributed by atoms with Gasteiger partial charge in [0, 0.05) is 23.3 Å². The lowest BCUT2D eigenvalue weighted by atomic mass is 10.1. The SMILES string of the molecule is COCC(CCCNC(=O)OC(C)(C)C)Nc1ccc(I)cc1Cl. The molecule has 0 aliphatic heterocycles. The molecule has 136 valence electrons. The Labute approximate surface area is 162 Å². The minimum Gasteiger partial charge on any atom is -0.444 e. The van der Waals surface area contributed by atoms with Gasteiger partial charge in [0.2, 0.25) is 0 Å². The molecule has 0 fully saturated rings. The highest BCUT2D eigenvalue weighted by Gasteiger charge is 2.16. The number of benzene rings is 1. The van der Waals surface area contributed by atoms with Crippen LogP contribution in [0.5, 0.6) is 0 Å². The number of ether oxygens (including phenoxy) is 2. The second-order valence-corrected chi connectivity index (χ2v) is 8.14. The summed E-state index contributed by atoms with van der Waals surface area (Å²) in [6.45, 7) is 6.65. The third kappa shape index (κ3) is 8.94. The van der Waals surface area contributed by atoms with Crippen LogP contribution in [0.15, 0.2) is 18.2 Å². The molecule has 0 aliphatic rings. The molecule has 0 radical (unpaired) electrons. The number of hydrogen-bond acceptors (Lipinski definition) is 4. The molecule has 24 heavy (non-hydrogen) atoms. The number of carbonyl (C=O) groups is 1. The van der Waals surface area contributed by atoms with Crippen LogP contribution >= 0.6 is 34.2 Å². The molecular formula is C17H26ClIN2O3. The Morgan fingerprint density at radius 1 is 1.38 bits per heavy atom. The second kappa shape index (κ2) is 10.3. The molecule has 0 spiro atoms. The first kappa shape index (κ1) is 21.3. The van der Waals surface area contributed by atoms with Gasteiger partial charge in [0.15, 0.2) is 0 Å². The molecule has 1 atom stereocenters. The van der Waals surface area contributed by atoms with Gasteiger partial charge in [0.25, 0.3) is 0 Å². The van der Waals surface area contributed by atoms with Gasteiger partial charge in [-0.3, -0.25) is 0 Å². The number of rotatable bonds is 8. The van der Waals surface area contributed by atoms with Gasteiger partial charge >= 0.3 is 6.09 Å². The standard InChI is InChI=1S/C17H26ClIN2O3/c1-17(2,3)24-16(22)20-9-5-6-13(11-23-4)21-15-8-7-12(19)10-14(15)18/h7-8,10,13,21H,5-6,9,11H2,1-4H3,(H,20,22). The van der Waals surface area contributed by atoms with Gasteiger partial charge in [-0.15, -0.1) is 0 Å². The van der Waals surface area contributed by atoms with Crippen LogP contribution in [0.1, 0.15) is 33.6 Å². The smallest absolute Gasteiger partial charge is 0.407 e. The number of carbonyl (C=O) groups excluding carboxylic acids is 1. The van der Waals surface area contributed by atoms with E-state index in [-0.39, 0.29) is 12.1 Å². The number of nitrogens with one attached hydrogen (secondary N) is 2.